The first-order valence-corrected chi connectivity index (χ1v) is 19.3. The van der Waals surface area contributed by atoms with E-state index in [1.54, 1.807) is 0 Å². The van der Waals surface area contributed by atoms with E-state index in [2.05, 4.69) is 18.2 Å². The van der Waals surface area contributed by atoms with Crippen LogP contribution in [0.1, 0.15) is 131 Å². The van der Waals surface area contributed by atoms with Crippen LogP contribution in [0.25, 0.3) is 0 Å². The number of ketones is 4. The van der Waals surface area contributed by atoms with Crippen molar-refractivity contribution in [2.45, 2.75) is 136 Å². The van der Waals surface area contributed by atoms with Gasteiger partial charge in [-0.05, 0) is 117 Å². The van der Waals surface area contributed by atoms with Crippen molar-refractivity contribution in [3.8, 4) is 0 Å². The van der Waals surface area contributed by atoms with Gasteiger partial charge in [-0.2, -0.15) is 0 Å². The van der Waals surface area contributed by atoms with Crippen LogP contribution in [0.15, 0.2) is 42.5 Å². The van der Waals surface area contributed by atoms with Gasteiger partial charge in [-0.3, -0.25) is 19.2 Å². The minimum Gasteiger partial charge on any atom is -0.299 e. The molecule has 0 aromatic heterocycles. The van der Waals surface area contributed by atoms with Crippen molar-refractivity contribution < 1.29 is 19.2 Å². The summed E-state index contributed by atoms with van der Waals surface area (Å²) in [6.45, 7) is 6.03. The van der Waals surface area contributed by atoms with Crippen molar-refractivity contribution in [3.63, 3.8) is 0 Å². The SMILES string of the molecule is Cc1cccc(C)c1CC(=O)CC(C)(CC(=O)C1CCC(C2Cc3ccccc3CC2=O)CC1)C(=O)C1CCC(C2CCCCC2)CC1. The van der Waals surface area contributed by atoms with E-state index in [1.807, 2.05) is 45.0 Å². The Balaban J connectivity index is 1.11. The molecule has 0 saturated heterocycles. The van der Waals surface area contributed by atoms with Crippen molar-refractivity contribution in [3.05, 3.63) is 70.3 Å². The first-order chi connectivity index (χ1) is 23.1. The molecule has 0 heterocycles. The standard InChI is InChI=1S/C44H58O4/c1-29-10-9-11-30(2)39(29)26-38(45)27-44(3,43(48)35-22-16-32(17-23-35)31-12-5-4-6-13-31)28-42(47)34-20-18-33(19-21-34)40-24-36-14-7-8-15-37(36)25-41(40)46/h7-11,14-15,31-35,40H,4-6,12-13,16-28H2,1-3H3. The van der Waals surface area contributed by atoms with Crippen LogP contribution in [0.3, 0.4) is 0 Å². The monoisotopic (exact) mass is 650 g/mol. The first kappa shape index (κ1) is 35.0. The fourth-order valence-corrected chi connectivity index (χ4v) is 10.4. The number of hydrogen-bond acceptors (Lipinski definition) is 4. The molecule has 0 bridgehead atoms. The normalized spacial score (nSPS) is 27.9. The molecule has 2 aromatic rings. The molecule has 2 atom stereocenters. The fourth-order valence-electron chi connectivity index (χ4n) is 10.4. The minimum atomic E-state index is -0.965. The van der Waals surface area contributed by atoms with Gasteiger partial charge in [-0.1, -0.05) is 81.5 Å². The molecule has 6 rings (SSSR count). The molecule has 4 nitrogen and oxygen atoms in total. The topological polar surface area (TPSA) is 68.3 Å². The molecule has 2 unspecified atom stereocenters. The average molecular weight is 651 g/mol. The third-order valence-electron chi connectivity index (χ3n) is 13.4. The van der Waals surface area contributed by atoms with Crippen molar-refractivity contribution in [1.29, 1.82) is 0 Å². The number of carbonyl (C=O) groups excluding carboxylic acids is 4. The molecule has 48 heavy (non-hydrogen) atoms. The molecule has 0 radical (unpaired) electrons. The quantitative estimate of drug-likeness (QED) is 0.243. The molecule has 0 spiro atoms. The Labute approximate surface area is 289 Å². The largest absolute Gasteiger partial charge is 0.299 e. The second kappa shape index (κ2) is 15.3. The van der Waals surface area contributed by atoms with Crippen molar-refractivity contribution >= 4 is 23.1 Å². The van der Waals surface area contributed by atoms with Crippen LogP contribution in [-0.4, -0.2) is 23.1 Å². The van der Waals surface area contributed by atoms with Crippen LogP contribution < -0.4 is 0 Å². The maximum Gasteiger partial charge on any atom is 0.142 e. The van der Waals surface area contributed by atoms with Gasteiger partial charge in [-0.25, -0.2) is 0 Å². The second-order valence-electron chi connectivity index (χ2n) is 16.7. The van der Waals surface area contributed by atoms with Gasteiger partial charge in [0.2, 0.25) is 0 Å². The third kappa shape index (κ3) is 7.95. The highest BCUT2D eigenvalue weighted by Crippen LogP contribution is 2.45. The Bertz CT molecular complexity index is 1460. The summed E-state index contributed by atoms with van der Waals surface area (Å²) in [5.41, 5.74) is 4.76. The van der Waals surface area contributed by atoms with Gasteiger partial charge in [0.25, 0.3) is 0 Å². The van der Waals surface area contributed by atoms with E-state index >= 15 is 0 Å². The number of hydrogen-bond donors (Lipinski definition) is 0. The number of fused-ring (bicyclic) bond motifs is 1. The van der Waals surface area contributed by atoms with E-state index in [0.29, 0.717) is 24.5 Å². The summed E-state index contributed by atoms with van der Waals surface area (Å²) in [7, 11) is 0. The fraction of sp³-hybridized carbons (Fsp3) is 0.636. The van der Waals surface area contributed by atoms with Crippen molar-refractivity contribution in [2.75, 3.05) is 0 Å². The minimum absolute atomic E-state index is 0.0495. The predicted octanol–water partition coefficient (Wildman–Crippen LogP) is 9.52. The lowest BCUT2D eigenvalue weighted by Gasteiger charge is -2.39. The highest BCUT2D eigenvalue weighted by Gasteiger charge is 2.44. The summed E-state index contributed by atoms with van der Waals surface area (Å²) in [6, 6.07) is 14.4. The van der Waals surface area contributed by atoms with E-state index in [-0.39, 0.29) is 47.9 Å². The molecule has 4 aliphatic rings. The molecule has 0 N–H and O–H groups in total. The molecule has 3 saturated carbocycles. The summed E-state index contributed by atoms with van der Waals surface area (Å²) < 4.78 is 0. The van der Waals surface area contributed by atoms with E-state index < -0.39 is 5.41 Å². The molecule has 0 amide bonds. The highest BCUT2D eigenvalue weighted by atomic mass is 16.1. The van der Waals surface area contributed by atoms with Gasteiger partial charge in [0.05, 0.1) is 0 Å². The van der Waals surface area contributed by atoms with Gasteiger partial charge < -0.3 is 0 Å². The third-order valence-corrected chi connectivity index (χ3v) is 13.4. The zero-order valence-electron chi connectivity index (χ0n) is 29.9. The predicted molar refractivity (Wildman–Crippen MR) is 192 cm³/mol. The van der Waals surface area contributed by atoms with Crippen LogP contribution >= 0.6 is 0 Å². The maximum absolute atomic E-state index is 14.5. The second-order valence-corrected chi connectivity index (χ2v) is 16.7. The molecule has 2 aromatic carbocycles. The first-order valence-electron chi connectivity index (χ1n) is 19.3. The molecule has 4 heteroatoms. The Morgan fingerprint density at radius 2 is 1.25 bits per heavy atom. The van der Waals surface area contributed by atoms with Crippen LogP contribution in [0, 0.1) is 54.8 Å². The van der Waals surface area contributed by atoms with Gasteiger partial charge in [-0.15, -0.1) is 0 Å². The number of Topliss-reactive ketones (excluding diaryl/α,β-unsaturated/α-hetero) is 4. The van der Waals surface area contributed by atoms with E-state index in [0.717, 1.165) is 86.3 Å². The lowest BCUT2D eigenvalue weighted by Crippen LogP contribution is -2.41. The number of aryl methyl sites for hydroxylation is 2. The van der Waals surface area contributed by atoms with E-state index in [9.17, 15) is 19.2 Å². The zero-order chi connectivity index (χ0) is 33.8. The summed E-state index contributed by atoms with van der Waals surface area (Å²) in [4.78, 5) is 55.5. The summed E-state index contributed by atoms with van der Waals surface area (Å²) in [5, 5.41) is 0. The Morgan fingerprint density at radius 1 is 0.667 bits per heavy atom. The zero-order valence-corrected chi connectivity index (χ0v) is 29.9. The van der Waals surface area contributed by atoms with Crippen LogP contribution in [0.4, 0.5) is 0 Å². The lowest BCUT2D eigenvalue weighted by atomic mass is 9.64. The molecular weight excluding hydrogens is 592 g/mol. The molecule has 258 valence electrons. The molecule has 0 aliphatic heterocycles. The van der Waals surface area contributed by atoms with Gasteiger partial charge in [0, 0.05) is 48.9 Å². The number of carbonyl (C=O) groups is 4. The van der Waals surface area contributed by atoms with Gasteiger partial charge in [0.15, 0.2) is 0 Å². The molecule has 3 fully saturated rings. The Kier molecular flexibility index (Phi) is 11.2. The Hall–Kier alpha value is -2.88. The van der Waals surface area contributed by atoms with E-state index in [4.69, 9.17) is 0 Å². The maximum atomic E-state index is 14.5. The molecule has 4 aliphatic carbocycles. The number of rotatable bonds is 11. The van der Waals surface area contributed by atoms with Crippen molar-refractivity contribution in [2.24, 2.45) is 40.9 Å². The summed E-state index contributed by atoms with van der Waals surface area (Å²) in [5.74, 6) is 2.50. The van der Waals surface area contributed by atoms with Crippen molar-refractivity contribution in [1.82, 2.24) is 0 Å². The molecular formula is C44H58O4. The average Bonchev–Trinajstić information content (AvgIpc) is 3.10. The Morgan fingerprint density at radius 3 is 1.92 bits per heavy atom. The highest BCUT2D eigenvalue weighted by molar-refractivity contribution is 5.97. The summed E-state index contributed by atoms with van der Waals surface area (Å²) >= 11 is 0. The van der Waals surface area contributed by atoms with E-state index in [1.165, 1.54) is 43.2 Å². The number of benzene rings is 2. The summed E-state index contributed by atoms with van der Waals surface area (Å²) in [6.07, 6.45) is 16.0. The van der Waals surface area contributed by atoms with Gasteiger partial charge in [0.1, 0.15) is 23.1 Å². The lowest BCUT2D eigenvalue weighted by molar-refractivity contribution is -0.142. The van der Waals surface area contributed by atoms with Gasteiger partial charge >= 0.3 is 0 Å². The van der Waals surface area contributed by atoms with Crippen LogP contribution in [0.5, 0.6) is 0 Å². The van der Waals surface area contributed by atoms with Crippen LogP contribution in [0.2, 0.25) is 0 Å². The smallest absolute Gasteiger partial charge is 0.142 e. The van der Waals surface area contributed by atoms with Crippen LogP contribution in [-0.2, 0) is 38.4 Å².